The maximum Gasteiger partial charge on any atom is 0.275 e. The summed E-state index contributed by atoms with van der Waals surface area (Å²) in [5, 5.41) is 3.44. The first-order valence-corrected chi connectivity index (χ1v) is 8.00. The van der Waals surface area contributed by atoms with Crippen LogP contribution in [0.15, 0.2) is 28.9 Å². The van der Waals surface area contributed by atoms with Crippen LogP contribution >= 0.6 is 11.6 Å². The van der Waals surface area contributed by atoms with Gasteiger partial charge in [0.05, 0.1) is 12.1 Å². The zero-order valence-electron chi connectivity index (χ0n) is 12.6. The zero-order chi connectivity index (χ0) is 15.5. The number of carbonyl (C=O) groups excluding carboxylic acids is 1. The van der Waals surface area contributed by atoms with E-state index in [-0.39, 0.29) is 5.91 Å². The van der Waals surface area contributed by atoms with Crippen molar-refractivity contribution in [3.8, 4) is 5.75 Å². The lowest BCUT2D eigenvalue weighted by atomic mass is 9.88. The smallest absolute Gasteiger partial charge is 0.275 e. The van der Waals surface area contributed by atoms with E-state index in [0.717, 1.165) is 24.2 Å². The van der Waals surface area contributed by atoms with Crippen LogP contribution in [0.3, 0.4) is 0 Å². The van der Waals surface area contributed by atoms with Gasteiger partial charge < -0.3 is 10.1 Å². The molecule has 1 aromatic rings. The van der Waals surface area contributed by atoms with E-state index in [0.29, 0.717) is 22.4 Å². The molecular weight excluding hydrogens is 300 g/mol. The number of ether oxygens (including phenoxy) is 1. The van der Waals surface area contributed by atoms with Crippen molar-refractivity contribution in [1.29, 1.82) is 0 Å². The van der Waals surface area contributed by atoms with Gasteiger partial charge in [-0.1, -0.05) is 36.9 Å². The zero-order valence-corrected chi connectivity index (χ0v) is 13.3. The molecule has 0 saturated heterocycles. The number of nitrogens with zero attached hydrogens (tertiary/aromatic N) is 1. The average molecular weight is 319 g/mol. The molecule has 1 saturated carbocycles. The Balaban J connectivity index is 1.82. The van der Waals surface area contributed by atoms with E-state index in [9.17, 15) is 4.79 Å². The van der Waals surface area contributed by atoms with E-state index in [2.05, 4.69) is 10.3 Å². The Bertz CT molecular complexity index is 646. The summed E-state index contributed by atoms with van der Waals surface area (Å²) in [5.41, 5.74) is 1.28. The van der Waals surface area contributed by atoms with Gasteiger partial charge in [0.25, 0.3) is 5.91 Å². The van der Waals surface area contributed by atoms with Crippen LogP contribution in [0.5, 0.6) is 5.75 Å². The van der Waals surface area contributed by atoms with Crippen LogP contribution in [-0.4, -0.2) is 18.9 Å². The van der Waals surface area contributed by atoms with Crippen LogP contribution in [0.4, 0.5) is 0 Å². The molecule has 4 nitrogen and oxygen atoms in total. The number of halogens is 1. The Morgan fingerprint density at radius 3 is 2.77 bits per heavy atom. The molecule has 116 valence electrons. The number of hydrogen-bond acceptors (Lipinski definition) is 3. The molecule has 0 spiro atoms. The van der Waals surface area contributed by atoms with E-state index in [1.54, 1.807) is 25.3 Å². The Morgan fingerprint density at radius 2 is 2.09 bits per heavy atom. The van der Waals surface area contributed by atoms with Crippen molar-refractivity contribution < 1.29 is 9.53 Å². The highest BCUT2D eigenvalue weighted by Gasteiger charge is 2.27. The van der Waals surface area contributed by atoms with Crippen molar-refractivity contribution >= 4 is 29.4 Å². The molecule has 3 rings (SSSR count). The second kappa shape index (κ2) is 6.53. The summed E-state index contributed by atoms with van der Waals surface area (Å²) in [7, 11) is 1.57. The number of carbonyl (C=O) groups is 1. The van der Waals surface area contributed by atoms with Crippen molar-refractivity contribution in [2.75, 3.05) is 7.11 Å². The van der Waals surface area contributed by atoms with Crippen LogP contribution in [0.2, 0.25) is 5.02 Å². The second-order valence-corrected chi connectivity index (χ2v) is 6.12. The highest BCUT2D eigenvalue weighted by molar-refractivity contribution is 6.32. The van der Waals surface area contributed by atoms with E-state index in [1.807, 2.05) is 6.07 Å². The van der Waals surface area contributed by atoms with Gasteiger partial charge in [0.15, 0.2) is 0 Å². The van der Waals surface area contributed by atoms with Gasteiger partial charge in [-0.25, -0.2) is 4.99 Å². The molecule has 5 heteroatoms. The quantitative estimate of drug-likeness (QED) is 0.862. The molecule has 2 aliphatic rings. The lowest BCUT2D eigenvalue weighted by molar-refractivity contribution is -0.115. The molecule has 0 aromatic heterocycles. The number of amidine groups is 1. The Labute approximate surface area is 135 Å². The fourth-order valence-electron chi connectivity index (χ4n) is 2.99. The molecule has 1 aliphatic heterocycles. The van der Waals surface area contributed by atoms with E-state index >= 15 is 0 Å². The minimum Gasteiger partial charge on any atom is -0.495 e. The summed E-state index contributed by atoms with van der Waals surface area (Å²) in [6, 6.07) is 5.42. The average Bonchev–Trinajstić information content (AvgIpc) is 2.89. The third-order valence-corrected chi connectivity index (χ3v) is 4.48. The molecule has 1 fully saturated rings. The number of hydrogen-bond donors (Lipinski definition) is 1. The van der Waals surface area contributed by atoms with E-state index in [4.69, 9.17) is 16.3 Å². The molecule has 1 aliphatic carbocycles. The van der Waals surface area contributed by atoms with Crippen molar-refractivity contribution in [3.63, 3.8) is 0 Å². The van der Waals surface area contributed by atoms with Crippen molar-refractivity contribution in [2.24, 2.45) is 10.9 Å². The summed E-state index contributed by atoms with van der Waals surface area (Å²) in [6.45, 7) is 0. The van der Waals surface area contributed by atoms with Crippen LogP contribution < -0.4 is 10.1 Å². The maximum atomic E-state index is 12.1. The van der Waals surface area contributed by atoms with Crippen LogP contribution in [0, 0.1) is 5.92 Å². The molecule has 1 aromatic carbocycles. The topological polar surface area (TPSA) is 50.7 Å². The number of nitrogens with one attached hydrogen (secondary N) is 1. The van der Waals surface area contributed by atoms with Gasteiger partial charge in [0, 0.05) is 5.92 Å². The first-order chi connectivity index (χ1) is 10.7. The number of aliphatic imine (C=N–C) groups is 1. The largest absolute Gasteiger partial charge is 0.495 e. The van der Waals surface area contributed by atoms with Crippen LogP contribution in [-0.2, 0) is 4.79 Å². The van der Waals surface area contributed by atoms with Crippen molar-refractivity contribution in [2.45, 2.75) is 32.1 Å². The Kier molecular flexibility index (Phi) is 4.48. The number of benzene rings is 1. The molecule has 1 amide bonds. The monoisotopic (exact) mass is 318 g/mol. The fraction of sp³-hybridized carbons (Fsp3) is 0.412. The van der Waals surface area contributed by atoms with Gasteiger partial charge >= 0.3 is 0 Å². The molecule has 1 heterocycles. The van der Waals surface area contributed by atoms with Crippen LogP contribution in [0.1, 0.15) is 37.7 Å². The van der Waals surface area contributed by atoms with Gasteiger partial charge in [-0.05, 0) is 36.6 Å². The third kappa shape index (κ3) is 3.17. The molecular formula is C17H19ClN2O2. The lowest BCUT2D eigenvalue weighted by Gasteiger charge is -2.20. The minimum atomic E-state index is -0.132. The lowest BCUT2D eigenvalue weighted by Crippen LogP contribution is -2.31. The SMILES string of the molecule is COc1ccc(/C=C2/N=C(C3CCCCC3)NC2=O)cc1Cl. The summed E-state index contributed by atoms with van der Waals surface area (Å²) < 4.78 is 5.13. The van der Waals surface area contributed by atoms with E-state index < -0.39 is 0 Å². The van der Waals surface area contributed by atoms with Crippen molar-refractivity contribution in [1.82, 2.24) is 5.32 Å². The van der Waals surface area contributed by atoms with Crippen LogP contribution in [0.25, 0.3) is 6.08 Å². The maximum absolute atomic E-state index is 12.1. The first kappa shape index (κ1) is 15.1. The molecule has 0 bridgehead atoms. The molecule has 0 unspecified atom stereocenters. The van der Waals surface area contributed by atoms with Crippen molar-refractivity contribution in [3.05, 3.63) is 34.5 Å². The second-order valence-electron chi connectivity index (χ2n) is 5.71. The standard InChI is InChI=1S/C17H19ClN2O2/c1-22-15-8-7-11(9-13(15)18)10-14-17(21)20-16(19-14)12-5-3-2-4-6-12/h7-10,12H,2-6H2,1H3,(H,19,20,21)/b14-10+. The first-order valence-electron chi connectivity index (χ1n) is 7.62. The number of rotatable bonds is 3. The number of amides is 1. The summed E-state index contributed by atoms with van der Waals surface area (Å²) in [6.07, 6.45) is 7.70. The fourth-order valence-corrected chi connectivity index (χ4v) is 3.25. The van der Waals surface area contributed by atoms with Gasteiger partial charge in [-0.3, -0.25) is 4.79 Å². The molecule has 0 radical (unpaired) electrons. The highest BCUT2D eigenvalue weighted by atomic mass is 35.5. The van der Waals surface area contributed by atoms with Gasteiger partial charge in [0.2, 0.25) is 0 Å². The van der Waals surface area contributed by atoms with Gasteiger partial charge in [0.1, 0.15) is 17.3 Å². The predicted molar refractivity (Wildman–Crippen MR) is 88.1 cm³/mol. The predicted octanol–water partition coefficient (Wildman–Crippen LogP) is 3.80. The number of methoxy groups -OCH3 is 1. The van der Waals surface area contributed by atoms with Gasteiger partial charge in [-0.15, -0.1) is 0 Å². The normalized spacial score (nSPS) is 20.9. The minimum absolute atomic E-state index is 0.132. The summed E-state index contributed by atoms with van der Waals surface area (Å²) in [5.74, 6) is 1.71. The molecule has 1 N–H and O–H groups in total. The highest BCUT2D eigenvalue weighted by Crippen LogP contribution is 2.28. The summed E-state index contributed by atoms with van der Waals surface area (Å²) in [4.78, 5) is 16.6. The Hall–Kier alpha value is -1.81. The van der Waals surface area contributed by atoms with Gasteiger partial charge in [-0.2, -0.15) is 0 Å². The Morgan fingerprint density at radius 1 is 1.32 bits per heavy atom. The van der Waals surface area contributed by atoms with E-state index in [1.165, 1.54) is 19.3 Å². The molecule has 0 atom stereocenters. The molecule has 22 heavy (non-hydrogen) atoms. The third-order valence-electron chi connectivity index (χ3n) is 4.19. The summed E-state index contributed by atoms with van der Waals surface area (Å²) >= 11 is 6.11.